The van der Waals surface area contributed by atoms with Crippen LogP contribution < -0.4 is 14.4 Å². The summed E-state index contributed by atoms with van der Waals surface area (Å²) in [5, 5.41) is 0.568. The number of hydrogen-bond acceptors (Lipinski definition) is 5. The zero-order valence-electron chi connectivity index (χ0n) is 15.9. The molecule has 2 atom stereocenters. The van der Waals surface area contributed by atoms with Crippen LogP contribution in [0.4, 0.5) is 5.69 Å². The van der Waals surface area contributed by atoms with E-state index >= 15 is 0 Å². The van der Waals surface area contributed by atoms with Crippen LogP contribution in [0.5, 0.6) is 11.5 Å². The molecule has 2 fully saturated rings. The van der Waals surface area contributed by atoms with E-state index in [2.05, 4.69) is 0 Å². The maximum atomic E-state index is 13.2. The Morgan fingerprint density at radius 2 is 1.66 bits per heavy atom. The van der Waals surface area contributed by atoms with Gasteiger partial charge in [-0.2, -0.15) is 0 Å². The first-order chi connectivity index (χ1) is 14.1. The molecule has 2 aromatic rings. The fourth-order valence-corrected chi connectivity index (χ4v) is 3.60. The molecular formula is C21H21ClN2O5. The molecule has 8 heteroatoms. The molecule has 152 valence electrons. The van der Waals surface area contributed by atoms with Crippen LogP contribution in [-0.4, -0.2) is 62.3 Å². The van der Waals surface area contributed by atoms with Gasteiger partial charge in [0.25, 0.3) is 5.91 Å². The Bertz CT molecular complexity index is 881. The molecule has 0 spiro atoms. The number of carbonyl (C=O) groups is 2. The summed E-state index contributed by atoms with van der Waals surface area (Å²) in [5.74, 6) is 0.744. The molecule has 2 aliphatic heterocycles. The minimum atomic E-state index is -0.895. The number of amides is 2. The van der Waals surface area contributed by atoms with Crippen LogP contribution in [0, 0.1) is 0 Å². The normalized spacial score (nSPS) is 21.5. The van der Waals surface area contributed by atoms with E-state index in [1.807, 2.05) is 0 Å². The van der Waals surface area contributed by atoms with E-state index in [-0.39, 0.29) is 11.8 Å². The largest absolute Gasteiger partial charge is 0.497 e. The van der Waals surface area contributed by atoms with Crippen molar-refractivity contribution in [2.75, 3.05) is 38.3 Å². The average Bonchev–Trinajstić information content (AvgIpc) is 2.77. The molecule has 2 amide bonds. The predicted molar refractivity (Wildman–Crippen MR) is 108 cm³/mol. The predicted octanol–water partition coefficient (Wildman–Crippen LogP) is 2.37. The minimum Gasteiger partial charge on any atom is -0.497 e. The van der Waals surface area contributed by atoms with Gasteiger partial charge in [0.15, 0.2) is 6.04 Å². The SMILES string of the molecule is COc1ccc(N2C(=O)[C@@H](Oc3ccc(Cl)cc3)[C@H]2C(=O)N2CCOCC2)cc1. The van der Waals surface area contributed by atoms with E-state index in [1.54, 1.807) is 60.5 Å². The van der Waals surface area contributed by atoms with Crippen LogP contribution in [-0.2, 0) is 14.3 Å². The van der Waals surface area contributed by atoms with Crippen molar-refractivity contribution in [3.63, 3.8) is 0 Å². The summed E-state index contributed by atoms with van der Waals surface area (Å²) in [6.07, 6.45) is -0.895. The van der Waals surface area contributed by atoms with E-state index in [0.717, 1.165) is 0 Å². The lowest BCUT2D eigenvalue weighted by atomic mass is 9.94. The van der Waals surface area contributed by atoms with Gasteiger partial charge in [-0.15, -0.1) is 0 Å². The van der Waals surface area contributed by atoms with Crippen molar-refractivity contribution in [3.8, 4) is 11.5 Å². The molecule has 2 aliphatic rings. The molecule has 0 N–H and O–H groups in total. The van der Waals surface area contributed by atoms with Crippen LogP contribution in [0.2, 0.25) is 5.02 Å². The number of morpholine rings is 1. The highest BCUT2D eigenvalue weighted by Crippen LogP contribution is 2.33. The number of hydrogen-bond donors (Lipinski definition) is 0. The zero-order valence-corrected chi connectivity index (χ0v) is 16.7. The van der Waals surface area contributed by atoms with Gasteiger partial charge >= 0.3 is 0 Å². The second-order valence-corrected chi connectivity index (χ2v) is 7.22. The molecule has 0 aliphatic carbocycles. The molecule has 0 saturated carbocycles. The van der Waals surface area contributed by atoms with Gasteiger partial charge < -0.3 is 19.1 Å². The van der Waals surface area contributed by atoms with Gasteiger partial charge in [0.2, 0.25) is 12.0 Å². The maximum absolute atomic E-state index is 13.2. The Labute approximate surface area is 173 Å². The lowest BCUT2D eigenvalue weighted by Crippen LogP contribution is -2.73. The number of methoxy groups -OCH3 is 1. The second kappa shape index (κ2) is 8.31. The summed E-state index contributed by atoms with van der Waals surface area (Å²) < 4.78 is 16.4. The summed E-state index contributed by atoms with van der Waals surface area (Å²) in [7, 11) is 1.57. The van der Waals surface area contributed by atoms with E-state index in [1.165, 1.54) is 4.90 Å². The summed E-state index contributed by atoms with van der Waals surface area (Å²) in [6, 6.07) is 13.0. The third-order valence-electron chi connectivity index (χ3n) is 5.05. The number of carbonyl (C=O) groups excluding carboxylic acids is 2. The first-order valence-electron chi connectivity index (χ1n) is 9.34. The topological polar surface area (TPSA) is 68.3 Å². The van der Waals surface area contributed by atoms with Crippen LogP contribution >= 0.6 is 11.6 Å². The smallest absolute Gasteiger partial charge is 0.271 e. The fourth-order valence-electron chi connectivity index (χ4n) is 3.48. The van der Waals surface area contributed by atoms with Crippen LogP contribution in [0.3, 0.4) is 0 Å². The van der Waals surface area contributed by atoms with Crippen LogP contribution in [0.25, 0.3) is 0 Å². The quantitative estimate of drug-likeness (QED) is 0.700. The van der Waals surface area contributed by atoms with Gasteiger partial charge in [0, 0.05) is 23.8 Å². The van der Waals surface area contributed by atoms with E-state index in [0.29, 0.717) is 48.5 Å². The van der Waals surface area contributed by atoms with Crippen LogP contribution in [0.1, 0.15) is 0 Å². The van der Waals surface area contributed by atoms with E-state index in [4.69, 9.17) is 25.8 Å². The standard InChI is InChI=1S/C21H21ClN2O5/c1-27-16-8-4-15(5-9-16)24-18(20(25)23-10-12-28-13-11-23)19(21(24)26)29-17-6-2-14(22)3-7-17/h2-9,18-19H,10-13H2,1H3/t18-,19-/m0/s1. The monoisotopic (exact) mass is 416 g/mol. The second-order valence-electron chi connectivity index (χ2n) is 6.78. The van der Waals surface area contributed by atoms with Gasteiger partial charge in [-0.25, -0.2) is 0 Å². The molecule has 7 nitrogen and oxygen atoms in total. The van der Waals surface area contributed by atoms with Crippen molar-refractivity contribution >= 4 is 29.1 Å². The summed E-state index contributed by atoms with van der Waals surface area (Å²) >= 11 is 5.92. The first-order valence-corrected chi connectivity index (χ1v) is 9.72. The third kappa shape index (κ3) is 3.88. The number of halogens is 1. The summed E-state index contributed by atoms with van der Waals surface area (Å²) in [5.41, 5.74) is 0.623. The summed E-state index contributed by atoms with van der Waals surface area (Å²) in [4.78, 5) is 29.4. The van der Waals surface area contributed by atoms with Gasteiger partial charge in [-0.1, -0.05) is 11.6 Å². The Balaban J connectivity index is 1.60. The number of rotatable bonds is 5. The zero-order chi connectivity index (χ0) is 20.4. The van der Waals surface area contributed by atoms with Gasteiger partial charge in [0.1, 0.15) is 11.5 Å². The van der Waals surface area contributed by atoms with E-state index < -0.39 is 12.1 Å². The molecule has 0 bridgehead atoms. The average molecular weight is 417 g/mol. The highest BCUT2D eigenvalue weighted by molar-refractivity contribution is 6.30. The molecular weight excluding hydrogens is 396 g/mol. The molecule has 0 unspecified atom stereocenters. The molecule has 2 saturated heterocycles. The summed E-state index contributed by atoms with van der Waals surface area (Å²) in [6.45, 7) is 1.95. The lowest BCUT2D eigenvalue weighted by Gasteiger charge is -2.47. The number of nitrogens with zero attached hydrogens (tertiary/aromatic N) is 2. The maximum Gasteiger partial charge on any atom is 0.271 e. The van der Waals surface area contributed by atoms with Crippen molar-refractivity contribution < 1.29 is 23.8 Å². The first kappa shape index (κ1) is 19.5. The van der Waals surface area contributed by atoms with Gasteiger partial charge in [0.05, 0.1) is 20.3 Å². The molecule has 0 aromatic heterocycles. The highest BCUT2D eigenvalue weighted by Gasteiger charge is 2.55. The Hall–Kier alpha value is -2.77. The third-order valence-corrected chi connectivity index (χ3v) is 5.30. The van der Waals surface area contributed by atoms with Crippen molar-refractivity contribution in [1.29, 1.82) is 0 Å². The van der Waals surface area contributed by atoms with Gasteiger partial charge in [-0.05, 0) is 48.5 Å². The van der Waals surface area contributed by atoms with Crippen molar-refractivity contribution in [2.24, 2.45) is 0 Å². The van der Waals surface area contributed by atoms with Gasteiger partial charge in [-0.3, -0.25) is 14.5 Å². The Morgan fingerprint density at radius 1 is 1.03 bits per heavy atom. The van der Waals surface area contributed by atoms with Crippen molar-refractivity contribution in [2.45, 2.75) is 12.1 Å². The Morgan fingerprint density at radius 3 is 2.28 bits per heavy atom. The number of anilines is 1. The number of benzene rings is 2. The number of β-lactam (4-membered cyclic amide) rings is 1. The molecule has 2 aromatic carbocycles. The number of ether oxygens (including phenoxy) is 3. The highest BCUT2D eigenvalue weighted by atomic mass is 35.5. The molecule has 29 heavy (non-hydrogen) atoms. The van der Waals surface area contributed by atoms with Crippen molar-refractivity contribution in [3.05, 3.63) is 53.6 Å². The lowest BCUT2D eigenvalue weighted by molar-refractivity contribution is -0.150. The minimum absolute atomic E-state index is 0.150. The fraction of sp³-hybridized carbons (Fsp3) is 0.333. The molecule has 0 radical (unpaired) electrons. The van der Waals surface area contributed by atoms with Crippen molar-refractivity contribution in [1.82, 2.24) is 4.90 Å². The van der Waals surface area contributed by atoms with Crippen LogP contribution in [0.15, 0.2) is 48.5 Å². The molecule has 2 heterocycles. The van der Waals surface area contributed by atoms with E-state index in [9.17, 15) is 9.59 Å². The Kier molecular flexibility index (Phi) is 5.60. The molecule has 4 rings (SSSR count).